The summed E-state index contributed by atoms with van der Waals surface area (Å²) in [6.07, 6.45) is 23.4. The molecular formula is C20H32O2. The van der Waals surface area contributed by atoms with E-state index in [1.807, 2.05) is 0 Å². The van der Waals surface area contributed by atoms with Crippen LogP contribution in [0, 0.1) is 5.92 Å². The number of hydrogen-bond donors (Lipinski definition) is 1. The summed E-state index contributed by atoms with van der Waals surface area (Å²) in [4.78, 5) is 10.4. The van der Waals surface area contributed by atoms with Crippen molar-refractivity contribution in [3.8, 4) is 0 Å². The van der Waals surface area contributed by atoms with Crippen LogP contribution in [0.2, 0.25) is 0 Å². The Morgan fingerprint density at radius 1 is 1.18 bits per heavy atom. The first-order chi connectivity index (χ1) is 10.7. The predicted molar refractivity (Wildman–Crippen MR) is 93.9 cm³/mol. The molecular weight excluding hydrogens is 272 g/mol. The van der Waals surface area contributed by atoms with E-state index in [2.05, 4.69) is 37.3 Å². The lowest BCUT2D eigenvalue weighted by Gasteiger charge is -2.09. The Kier molecular flexibility index (Phi) is 10.4. The minimum Gasteiger partial charge on any atom is -0.481 e. The van der Waals surface area contributed by atoms with Crippen molar-refractivity contribution in [3.63, 3.8) is 0 Å². The van der Waals surface area contributed by atoms with Crippen molar-refractivity contribution in [2.75, 3.05) is 0 Å². The van der Waals surface area contributed by atoms with Gasteiger partial charge in [-0.05, 0) is 56.4 Å². The minimum absolute atomic E-state index is 0.277. The van der Waals surface area contributed by atoms with E-state index in [4.69, 9.17) is 5.11 Å². The Hall–Kier alpha value is -1.31. The number of carboxylic acids is 1. The van der Waals surface area contributed by atoms with Crippen LogP contribution < -0.4 is 0 Å². The lowest BCUT2D eigenvalue weighted by Crippen LogP contribution is -1.95. The van der Waals surface area contributed by atoms with Gasteiger partial charge in [0.1, 0.15) is 0 Å². The van der Waals surface area contributed by atoms with E-state index in [-0.39, 0.29) is 6.42 Å². The lowest BCUT2D eigenvalue weighted by atomic mass is 9.96. The third-order valence-electron chi connectivity index (χ3n) is 4.25. The summed E-state index contributed by atoms with van der Waals surface area (Å²) in [6.45, 7) is 2.25. The van der Waals surface area contributed by atoms with E-state index < -0.39 is 5.97 Å². The van der Waals surface area contributed by atoms with Gasteiger partial charge in [0.2, 0.25) is 0 Å². The second kappa shape index (κ2) is 12.3. The van der Waals surface area contributed by atoms with Crippen LogP contribution in [0.5, 0.6) is 0 Å². The van der Waals surface area contributed by atoms with Gasteiger partial charge in [0.05, 0.1) is 0 Å². The Morgan fingerprint density at radius 2 is 2.00 bits per heavy atom. The van der Waals surface area contributed by atoms with Gasteiger partial charge in [-0.15, -0.1) is 0 Å². The molecule has 0 aliphatic heterocycles. The van der Waals surface area contributed by atoms with Gasteiger partial charge in [0, 0.05) is 6.42 Å². The van der Waals surface area contributed by atoms with Crippen LogP contribution in [0.1, 0.15) is 77.6 Å². The number of carboxylic acid groups (broad SMARTS) is 1. The molecule has 0 aromatic carbocycles. The quantitative estimate of drug-likeness (QED) is 0.352. The normalized spacial score (nSPS) is 18.4. The van der Waals surface area contributed by atoms with Crippen LogP contribution in [0.15, 0.2) is 36.0 Å². The number of aliphatic carboxylic acids is 1. The van der Waals surface area contributed by atoms with Crippen LogP contribution >= 0.6 is 0 Å². The second-order valence-corrected chi connectivity index (χ2v) is 6.22. The molecule has 124 valence electrons. The molecule has 0 amide bonds. The molecule has 1 rings (SSSR count). The van der Waals surface area contributed by atoms with Crippen molar-refractivity contribution in [2.24, 2.45) is 5.92 Å². The number of carbonyl (C=O) groups is 1. The second-order valence-electron chi connectivity index (χ2n) is 6.22. The molecule has 2 heteroatoms. The van der Waals surface area contributed by atoms with Crippen LogP contribution in [0.4, 0.5) is 0 Å². The molecule has 0 radical (unpaired) electrons. The van der Waals surface area contributed by atoms with Gasteiger partial charge >= 0.3 is 5.97 Å². The van der Waals surface area contributed by atoms with Gasteiger partial charge in [-0.25, -0.2) is 0 Å². The van der Waals surface area contributed by atoms with Gasteiger partial charge in [-0.3, -0.25) is 4.79 Å². The monoisotopic (exact) mass is 304 g/mol. The minimum atomic E-state index is -0.696. The summed E-state index contributed by atoms with van der Waals surface area (Å²) in [6, 6.07) is 0. The van der Waals surface area contributed by atoms with Crippen molar-refractivity contribution in [1.82, 2.24) is 0 Å². The third-order valence-corrected chi connectivity index (χ3v) is 4.25. The van der Waals surface area contributed by atoms with Gasteiger partial charge in [0.25, 0.3) is 0 Å². The molecule has 0 aromatic heterocycles. The Labute approximate surface area is 136 Å². The van der Waals surface area contributed by atoms with E-state index >= 15 is 0 Å². The average Bonchev–Trinajstić information content (AvgIpc) is 2.93. The molecule has 0 aromatic rings. The first kappa shape index (κ1) is 18.7. The zero-order chi connectivity index (χ0) is 16.0. The maximum absolute atomic E-state index is 10.4. The number of rotatable bonds is 12. The molecule has 1 atom stereocenters. The number of unbranched alkanes of at least 4 members (excludes halogenated alkanes) is 5. The molecule has 0 bridgehead atoms. The van der Waals surface area contributed by atoms with E-state index in [0.29, 0.717) is 5.92 Å². The fourth-order valence-corrected chi connectivity index (χ4v) is 2.90. The Morgan fingerprint density at radius 3 is 2.77 bits per heavy atom. The van der Waals surface area contributed by atoms with Crippen LogP contribution in [-0.2, 0) is 4.79 Å². The van der Waals surface area contributed by atoms with Gasteiger partial charge in [0.15, 0.2) is 0 Å². The zero-order valence-corrected chi connectivity index (χ0v) is 14.1. The fraction of sp³-hybridized carbons (Fsp3) is 0.650. The molecule has 22 heavy (non-hydrogen) atoms. The van der Waals surface area contributed by atoms with Crippen LogP contribution in [-0.4, -0.2) is 11.1 Å². The van der Waals surface area contributed by atoms with Crippen LogP contribution in [0.3, 0.4) is 0 Å². The highest BCUT2D eigenvalue weighted by Gasteiger charge is 2.15. The first-order valence-corrected chi connectivity index (χ1v) is 8.97. The SMILES string of the molecule is CCCCCC/C=C/C1=CCC[C@@H]1C/C=C\CCCC(=O)O. The molecule has 0 unspecified atom stereocenters. The van der Waals surface area contributed by atoms with Crippen molar-refractivity contribution in [2.45, 2.75) is 77.6 Å². The highest BCUT2D eigenvalue weighted by molar-refractivity contribution is 5.66. The third kappa shape index (κ3) is 8.86. The predicted octanol–water partition coefficient (Wildman–Crippen LogP) is 6.05. The molecule has 1 aliphatic rings. The van der Waals surface area contributed by atoms with Crippen molar-refractivity contribution in [3.05, 3.63) is 36.0 Å². The van der Waals surface area contributed by atoms with E-state index in [9.17, 15) is 4.79 Å². The van der Waals surface area contributed by atoms with E-state index in [1.165, 1.54) is 50.5 Å². The summed E-state index contributed by atoms with van der Waals surface area (Å²) >= 11 is 0. The molecule has 0 spiro atoms. The Balaban J connectivity index is 2.18. The van der Waals surface area contributed by atoms with E-state index in [0.717, 1.165) is 19.3 Å². The standard InChI is InChI=1S/C20H32O2/c1-2-3-4-5-6-9-13-18-15-12-16-19(18)14-10-7-8-11-17-20(21)22/h7,9-10,13,15,19H,2-6,8,11-12,14,16-17H2,1H3,(H,21,22)/b10-7-,13-9+/t19-/m0/s1. The molecule has 0 saturated heterocycles. The van der Waals surface area contributed by atoms with Gasteiger partial charge in [-0.2, -0.15) is 0 Å². The Bertz CT molecular complexity index is 391. The van der Waals surface area contributed by atoms with Crippen molar-refractivity contribution in [1.29, 1.82) is 0 Å². The lowest BCUT2D eigenvalue weighted by molar-refractivity contribution is -0.137. The number of hydrogen-bond acceptors (Lipinski definition) is 1. The highest BCUT2D eigenvalue weighted by Crippen LogP contribution is 2.30. The highest BCUT2D eigenvalue weighted by atomic mass is 16.4. The zero-order valence-electron chi connectivity index (χ0n) is 14.1. The topological polar surface area (TPSA) is 37.3 Å². The smallest absolute Gasteiger partial charge is 0.303 e. The first-order valence-electron chi connectivity index (χ1n) is 8.97. The fourth-order valence-electron chi connectivity index (χ4n) is 2.90. The molecule has 2 nitrogen and oxygen atoms in total. The van der Waals surface area contributed by atoms with Crippen molar-refractivity contribution >= 4 is 5.97 Å². The van der Waals surface area contributed by atoms with Crippen LogP contribution in [0.25, 0.3) is 0 Å². The summed E-state index contributed by atoms with van der Waals surface area (Å²) < 4.78 is 0. The van der Waals surface area contributed by atoms with E-state index in [1.54, 1.807) is 0 Å². The summed E-state index contributed by atoms with van der Waals surface area (Å²) in [5.74, 6) is -0.0268. The number of allylic oxidation sites excluding steroid dienone is 6. The average molecular weight is 304 g/mol. The molecule has 1 N–H and O–H groups in total. The van der Waals surface area contributed by atoms with Gasteiger partial charge in [-0.1, -0.05) is 56.6 Å². The molecule has 0 fully saturated rings. The van der Waals surface area contributed by atoms with Gasteiger partial charge < -0.3 is 5.11 Å². The summed E-state index contributed by atoms with van der Waals surface area (Å²) in [7, 11) is 0. The summed E-state index contributed by atoms with van der Waals surface area (Å²) in [5, 5.41) is 8.59. The molecule has 0 saturated carbocycles. The maximum atomic E-state index is 10.4. The molecule has 1 aliphatic carbocycles. The largest absolute Gasteiger partial charge is 0.481 e. The summed E-state index contributed by atoms with van der Waals surface area (Å²) in [5.41, 5.74) is 1.51. The van der Waals surface area contributed by atoms with Crippen molar-refractivity contribution < 1.29 is 9.90 Å². The molecule has 0 heterocycles. The maximum Gasteiger partial charge on any atom is 0.303 e.